The van der Waals surface area contributed by atoms with Gasteiger partial charge in [0.1, 0.15) is 0 Å². The van der Waals surface area contributed by atoms with E-state index >= 15 is 0 Å². The van der Waals surface area contributed by atoms with Gasteiger partial charge in [-0.1, -0.05) is 18.2 Å². The number of hydrogen-bond acceptors (Lipinski definition) is 3. The molecule has 3 rings (SSSR count). The molecule has 1 aliphatic heterocycles. The first-order valence-electron chi connectivity index (χ1n) is 6.79. The highest BCUT2D eigenvalue weighted by Crippen LogP contribution is 2.25. The van der Waals surface area contributed by atoms with E-state index in [0.29, 0.717) is 6.61 Å². The summed E-state index contributed by atoms with van der Waals surface area (Å²) in [4.78, 5) is 5.68. The Morgan fingerprint density at radius 2 is 2.11 bits per heavy atom. The molecule has 4 nitrogen and oxygen atoms in total. The number of nitrogens with zero attached hydrogens (tertiary/aromatic N) is 1. The molecule has 0 spiro atoms. The van der Waals surface area contributed by atoms with Crippen LogP contribution in [0.3, 0.4) is 0 Å². The molecule has 1 saturated heterocycles. The normalized spacial score (nSPS) is 17.4. The number of benzene rings is 1. The maximum absolute atomic E-state index is 5.85. The summed E-state index contributed by atoms with van der Waals surface area (Å²) in [6, 6.07) is 10.4. The summed E-state index contributed by atoms with van der Waals surface area (Å²) in [7, 11) is 0. The Hall–Kier alpha value is -1.36. The first kappa shape index (κ1) is 12.7. The van der Waals surface area contributed by atoms with Crippen LogP contribution in [0.5, 0.6) is 0 Å². The molecule has 0 amide bonds. The third-order valence-corrected chi connectivity index (χ3v) is 3.34. The Bertz CT molecular complexity index is 499. The zero-order valence-electron chi connectivity index (χ0n) is 11.2. The number of fused-ring (bicyclic) bond motifs is 1. The van der Waals surface area contributed by atoms with Crippen molar-refractivity contribution in [1.82, 2.24) is 9.88 Å². The van der Waals surface area contributed by atoms with Gasteiger partial charge in [0.15, 0.2) is 0 Å². The average molecular weight is 259 g/mol. The zero-order chi connectivity index (χ0) is 13.1. The minimum atomic E-state index is 0.669. The lowest BCUT2D eigenvalue weighted by Gasteiger charge is -2.32. The Morgan fingerprint density at radius 3 is 2.84 bits per heavy atom. The van der Waals surface area contributed by atoms with Gasteiger partial charge >= 0.3 is 0 Å². The number of nitrogens with one attached hydrogen (secondary N) is 1. The predicted molar refractivity (Wildman–Crippen MR) is 74.7 cm³/mol. The molecule has 1 fully saturated rings. The largest absolute Gasteiger partial charge is 0.379 e. The van der Waals surface area contributed by atoms with Crippen LogP contribution in [0.1, 0.15) is 12.6 Å². The van der Waals surface area contributed by atoms with Crippen LogP contribution in [0.4, 0.5) is 0 Å². The molecule has 2 heterocycles. The molecule has 0 aliphatic carbocycles. The number of aromatic amines is 1. The number of aromatic nitrogens is 1. The fraction of sp³-hybridized carbons (Fsp3) is 0.400. The third-order valence-electron chi connectivity index (χ3n) is 3.34. The topological polar surface area (TPSA) is 37.5 Å². The van der Waals surface area contributed by atoms with Crippen LogP contribution in [0.2, 0.25) is 0 Å². The molecule has 19 heavy (non-hydrogen) atoms. The number of ether oxygens (including phenoxy) is 2. The highest BCUT2D eigenvalue weighted by atomic mass is 16.5. The molecule has 1 aromatic heterocycles. The fourth-order valence-corrected chi connectivity index (χ4v) is 2.43. The van der Waals surface area contributed by atoms with E-state index in [1.165, 1.54) is 5.39 Å². The van der Waals surface area contributed by atoms with Crippen LogP contribution < -0.4 is 0 Å². The first-order chi connectivity index (χ1) is 9.38. The summed E-state index contributed by atoms with van der Waals surface area (Å²) in [6.07, 6.45) is 0.932. The first-order valence-corrected chi connectivity index (χ1v) is 6.79. The summed E-state index contributed by atoms with van der Waals surface area (Å²) in [5.74, 6) is 0. The summed E-state index contributed by atoms with van der Waals surface area (Å²) >= 11 is 0. The van der Waals surface area contributed by atoms with E-state index < -0.39 is 0 Å². The molecule has 1 aromatic carbocycles. The second-order valence-corrected chi connectivity index (χ2v) is 4.61. The van der Waals surface area contributed by atoms with Gasteiger partial charge in [-0.25, -0.2) is 0 Å². The standard InChI is InChI=1S/C15H19N2O2/c1-2-19-15(17-7-9-18-10-8-17)14-11-12-5-3-4-6-13(12)16-14/h3-6,11,16H,2,7-10H2,1H3. The van der Waals surface area contributed by atoms with E-state index in [9.17, 15) is 0 Å². The Kier molecular flexibility index (Phi) is 3.82. The van der Waals surface area contributed by atoms with E-state index in [1.807, 2.05) is 13.0 Å². The van der Waals surface area contributed by atoms with Crippen LogP contribution in [0.25, 0.3) is 10.9 Å². The molecule has 0 atom stereocenters. The van der Waals surface area contributed by atoms with E-state index in [0.717, 1.165) is 43.7 Å². The number of H-pyrrole nitrogens is 1. The third kappa shape index (κ3) is 2.66. The van der Waals surface area contributed by atoms with Gasteiger partial charge in [-0.3, -0.25) is 4.90 Å². The van der Waals surface area contributed by atoms with E-state index in [-0.39, 0.29) is 0 Å². The van der Waals surface area contributed by atoms with Gasteiger partial charge in [0.25, 0.3) is 0 Å². The average Bonchev–Trinajstić information content (AvgIpc) is 2.89. The van der Waals surface area contributed by atoms with Crippen LogP contribution in [-0.2, 0) is 9.47 Å². The van der Waals surface area contributed by atoms with Crippen LogP contribution in [0, 0.1) is 6.23 Å². The molecular formula is C15H19N2O2. The highest BCUT2D eigenvalue weighted by molar-refractivity contribution is 5.80. The lowest BCUT2D eigenvalue weighted by atomic mass is 10.2. The lowest BCUT2D eigenvalue weighted by Crippen LogP contribution is -2.40. The number of rotatable bonds is 4. The van der Waals surface area contributed by atoms with Gasteiger partial charge in [0.2, 0.25) is 6.23 Å². The molecule has 2 aromatic rings. The van der Waals surface area contributed by atoms with E-state index in [4.69, 9.17) is 9.47 Å². The van der Waals surface area contributed by atoms with Crippen molar-refractivity contribution in [2.24, 2.45) is 0 Å². The minimum Gasteiger partial charge on any atom is -0.379 e. The van der Waals surface area contributed by atoms with E-state index in [1.54, 1.807) is 0 Å². The summed E-state index contributed by atoms with van der Waals surface area (Å²) in [5.41, 5.74) is 2.19. The Labute approximate surface area is 113 Å². The zero-order valence-corrected chi connectivity index (χ0v) is 11.2. The molecule has 1 N–H and O–H groups in total. The SMILES string of the molecule is CCO[C](c1cc2ccccc2[nH]1)N1CCOCC1. The summed E-state index contributed by atoms with van der Waals surface area (Å²) < 4.78 is 11.3. The molecule has 0 bridgehead atoms. The second kappa shape index (κ2) is 5.74. The van der Waals surface area contributed by atoms with Crippen LogP contribution >= 0.6 is 0 Å². The maximum atomic E-state index is 5.85. The quantitative estimate of drug-likeness (QED) is 0.916. The number of hydrogen-bond donors (Lipinski definition) is 1. The summed E-state index contributed by atoms with van der Waals surface area (Å²) in [6.45, 7) is 5.97. The fourth-order valence-electron chi connectivity index (χ4n) is 2.43. The van der Waals surface area contributed by atoms with E-state index in [2.05, 4.69) is 34.1 Å². The summed E-state index contributed by atoms with van der Waals surface area (Å²) in [5, 5.41) is 1.21. The maximum Gasteiger partial charge on any atom is 0.212 e. The molecule has 0 saturated carbocycles. The second-order valence-electron chi connectivity index (χ2n) is 4.61. The number of para-hydroxylation sites is 1. The Morgan fingerprint density at radius 1 is 1.32 bits per heavy atom. The van der Waals surface area contributed by atoms with Crippen molar-refractivity contribution in [1.29, 1.82) is 0 Å². The van der Waals surface area contributed by atoms with Crippen molar-refractivity contribution in [3.63, 3.8) is 0 Å². The molecule has 101 valence electrons. The monoisotopic (exact) mass is 259 g/mol. The predicted octanol–water partition coefficient (Wildman–Crippen LogP) is 2.37. The highest BCUT2D eigenvalue weighted by Gasteiger charge is 2.25. The van der Waals surface area contributed by atoms with Crippen LogP contribution in [-0.4, -0.2) is 42.8 Å². The van der Waals surface area contributed by atoms with Crippen molar-refractivity contribution in [3.8, 4) is 0 Å². The molecule has 0 unspecified atom stereocenters. The lowest BCUT2D eigenvalue weighted by molar-refractivity contribution is -0.0144. The molecule has 4 heteroatoms. The van der Waals surface area contributed by atoms with Crippen molar-refractivity contribution < 1.29 is 9.47 Å². The number of morpholine rings is 1. The van der Waals surface area contributed by atoms with Gasteiger partial charge in [0.05, 0.1) is 18.9 Å². The van der Waals surface area contributed by atoms with Crippen molar-refractivity contribution in [2.45, 2.75) is 6.92 Å². The van der Waals surface area contributed by atoms with Gasteiger partial charge < -0.3 is 14.5 Å². The van der Waals surface area contributed by atoms with Gasteiger partial charge in [-0.15, -0.1) is 0 Å². The van der Waals surface area contributed by atoms with Gasteiger partial charge in [0, 0.05) is 25.2 Å². The molecular weight excluding hydrogens is 240 g/mol. The molecule has 1 radical (unpaired) electrons. The van der Waals surface area contributed by atoms with Crippen molar-refractivity contribution in [3.05, 3.63) is 42.3 Å². The van der Waals surface area contributed by atoms with Crippen molar-refractivity contribution >= 4 is 10.9 Å². The van der Waals surface area contributed by atoms with Crippen molar-refractivity contribution in [2.75, 3.05) is 32.9 Å². The smallest absolute Gasteiger partial charge is 0.212 e. The van der Waals surface area contributed by atoms with Crippen LogP contribution in [0.15, 0.2) is 30.3 Å². The minimum absolute atomic E-state index is 0.669. The van der Waals surface area contributed by atoms with Gasteiger partial charge in [-0.05, 0) is 24.4 Å². The van der Waals surface area contributed by atoms with Gasteiger partial charge in [-0.2, -0.15) is 0 Å². The Balaban J connectivity index is 1.89. The molecule has 1 aliphatic rings.